The van der Waals surface area contributed by atoms with Crippen LogP contribution in [0, 0.1) is 0 Å². The Kier molecular flexibility index (Phi) is 3.58. The molecule has 2 aromatic rings. The highest BCUT2D eigenvalue weighted by atomic mass is 15.2. The summed E-state index contributed by atoms with van der Waals surface area (Å²) >= 11 is 0. The molecule has 2 heteroatoms. The predicted octanol–water partition coefficient (Wildman–Crippen LogP) is 4.28. The summed E-state index contributed by atoms with van der Waals surface area (Å²) in [5.74, 6) is 0.600. The lowest BCUT2D eigenvalue weighted by atomic mass is 9.99. The van der Waals surface area contributed by atoms with Gasteiger partial charge in [0.2, 0.25) is 0 Å². The van der Waals surface area contributed by atoms with Crippen molar-refractivity contribution in [1.82, 2.24) is 9.88 Å². The van der Waals surface area contributed by atoms with Gasteiger partial charge >= 0.3 is 0 Å². The SMILES string of the molecule is CC(C)c1ccc2c(c1)CN(C(C)c1ccccn1)C2. The third-order valence-electron chi connectivity index (χ3n) is 4.31. The lowest BCUT2D eigenvalue weighted by Gasteiger charge is -2.23. The summed E-state index contributed by atoms with van der Waals surface area (Å²) in [5.41, 5.74) is 5.55. The summed E-state index contributed by atoms with van der Waals surface area (Å²) in [4.78, 5) is 6.99. The van der Waals surface area contributed by atoms with Crippen LogP contribution >= 0.6 is 0 Å². The molecule has 1 aliphatic heterocycles. The standard InChI is InChI=1S/C18H22N2/c1-13(2)15-7-8-16-11-20(12-17(16)10-15)14(3)18-6-4-5-9-19-18/h4-10,13-14H,11-12H2,1-3H3. The van der Waals surface area contributed by atoms with E-state index in [4.69, 9.17) is 0 Å². The van der Waals surface area contributed by atoms with E-state index in [0.717, 1.165) is 18.8 Å². The van der Waals surface area contributed by atoms with Gasteiger partial charge in [-0.1, -0.05) is 38.1 Å². The van der Waals surface area contributed by atoms with Gasteiger partial charge in [-0.25, -0.2) is 0 Å². The van der Waals surface area contributed by atoms with Gasteiger partial charge in [0.1, 0.15) is 0 Å². The Bertz CT molecular complexity index is 590. The number of fused-ring (bicyclic) bond motifs is 1. The summed E-state index contributed by atoms with van der Waals surface area (Å²) < 4.78 is 0. The average molecular weight is 266 g/mol. The van der Waals surface area contributed by atoms with Crippen LogP contribution in [0.15, 0.2) is 42.6 Å². The van der Waals surface area contributed by atoms with Crippen LogP contribution in [0.1, 0.15) is 55.1 Å². The summed E-state index contributed by atoms with van der Waals surface area (Å²) in [7, 11) is 0. The second-order valence-electron chi connectivity index (χ2n) is 6.02. The first-order valence-electron chi connectivity index (χ1n) is 7.42. The molecule has 1 atom stereocenters. The van der Waals surface area contributed by atoms with E-state index in [1.807, 2.05) is 12.3 Å². The van der Waals surface area contributed by atoms with E-state index < -0.39 is 0 Å². The number of rotatable bonds is 3. The van der Waals surface area contributed by atoms with E-state index in [0.29, 0.717) is 12.0 Å². The Balaban J connectivity index is 1.80. The van der Waals surface area contributed by atoms with Crippen molar-refractivity contribution in [2.45, 2.75) is 45.8 Å². The highest BCUT2D eigenvalue weighted by Gasteiger charge is 2.25. The smallest absolute Gasteiger partial charge is 0.0572 e. The molecule has 0 amide bonds. The van der Waals surface area contributed by atoms with Gasteiger partial charge in [-0.05, 0) is 41.7 Å². The fourth-order valence-corrected chi connectivity index (χ4v) is 2.88. The first-order valence-corrected chi connectivity index (χ1v) is 7.42. The second kappa shape index (κ2) is 5.37. The molecule has 0 radical (unpaired) electrons. The van der Waals surface area contributed by atoms with Gasteiger partial charge in [-0.2, -0.15) is 0 Å². The number of aromatic nitrogens is 1. The van der Waals surface area contributed by atoms with Crippen LogP contribution in [0.5, 0.6) is 0 Å². The Morgan fingerprint density at radius 3 is 2.50 bits per heavy atom. The molecule has 0 fully saturated rings. The monoisotopic (exact) mass is 266 g/mol. The van der Waals surface area contributed by atoms with E-state index in [1.54, 1.807) is 0 Å². The maximum absolute atomic E-state index is 4.49. The van der Waals surface area contributed by atoms with E-state index in [2.05, 4.69) is 61.0 Å². The zero-order valence-corrected chi connectivity index (χ0v) is 12.5. The van der Waals surface area contributed by atoms with E-state index in [-0.39, 0.29) is 0 Å². The minimum Gasteiger partial charge on any atom is -0.287 e. The molecular weight excluding hydrogens is 244 g/mol. The zero-order chi connectivity index (χ0) is 14.1. The molecule has 0 spiro atoms. The third-order valence-corrected chi connectivity index (χ3v) is 4.31. The molecule has 0 bridgehead atoms. The van der Waals surface area contributed by atoms with Crippen molar-refractivity contribution in [3.05, 3.63) is 65.0 Å². The molecule has 104 valence electrons. The van der Waals surface area contributed by atoms with Gasteiger partial charge in [0, 0.05) is 25.3 Å². The van der Waals surface area contributed by atoms with Gasteiger partial charge in [-0.3, -0.25) is 9.88 Å². The van der Waals surface area contributed by atoms with Crippen LogP contribution < -0.4 is 0 Å². The van der Waals surface area contributed by atoms with Gasteiger partial charge < -0.3 is 0 Å². The highest BCUT2D eigenvalue weighted by molar-refractivity contribution is 5.36. The molecule has 2 heterocycles. The third kappa shape index (κ3) is 2.48. The Morgan fingerprint density at radius 2 is 1.80 bits per heavy atom. The van der Waals surface area contributed by atoms with Crippen molar-refractivity contribution < 1.29 is 0 Å². The summed E-state index contributed by atoms with van der Waals surface area (Å²) in [6, 6.07) is 13.5. The largest absolute Gasteiger partial charge is 0.287 e. The van der Waals surface area contributed by atoms with Crippen molar-refractivity contribution in [3.63, 3.8) is 0 Å². The number of hydrogen-bond acceptors (Lipinski definition) is 2. The van der Waals surface area contributed by atoms with Gasteiger partial charge in [0.25, 0.3) is 0 Å². The van der Waals surface area contributed by atoms with Crippen molar-refractivity contribution >= 4 is 0 Å². The van der Waals surface area contributed by atoms with Crippen LogP contribution in [-0.2, 0) is 13.1 Å². The van der Waals surface area contributed by atoms with E-state index in [9.17, 15) is 0 Å². The van der Waals surface area contributed by atoms with E-state index >= 15 is 0 Å². The molecule has 3 rings (SSSR count). The first-order chi connectivity index (χ1) is 9.65. The Morgan fingerprint density at radius 1 is 1.00 bits per heavy atom. The minimum absolute atomic E-state index is 0.367. The number of hydrogen-bond donors (Lipinski definition) is 0. The topological polar surface area (TPSA) is 16.1 Å². The number of benzene rings is 1. The van der Waals surface area contributed by atoms with Crippen LogP contribution in [0.3, 0.4) is 0 Å². The maximum Gasteiger partial charge on any atom is 0.0572 e. The average Bonchev–Trinajstić information content (AvgIpc) is 2.90. The van der Waals surface area contributed by atoms with Gasteiger partial charge in [-0.15, -0.1) is 0 Å². The lowest BCUT2D eigenvalue weighted by Crippen LogP contribution is -2.21. The predicted molar refractivity (Wildman–Crippen MR) is 82.4 cm³/mol. The highest BCUT2D eigenvalue weighted by Crippen LogP contribution is 2.32. The zero-order valence-electron chi connectivity index (χ0n) is 12.5. The minimum atomic E-state index is 0.367. The van der Waals surface area contributed by atoms with Crippen LogP contribution in [-0.4, -0.2) is 9.88 Å². The number of nitrogens with zero attached hydrogens (tertiary/aromatic N) is 2. The molecule has 1 aromatic heterocycles. The van der Waals surface area contributed by atoms with Crippen LogP contribution in [0.4, 0.5) is 0 Å². The maximum atomic E-state index is 4.49. The number of pyridine rings is 1. The van der Waals surface area contributed by atoms with Crippen molar-refractivity contribution in [2.24, 2.45) is 0 Å². The molecule has 1 aromatic carbocycles. The summed E-state index contributed by atoms with van der Waals surface area (Å²) in [6.07, 6.45) is 1.88. The fourth-order valence-electron chi connectivity index (χ4n) is 2.88. The summed E-state index contributed by atoms with van der Waals surface area (Å²) in [6.45, 7) is 8.83. The van der Waals surface area contributed by atoms with Crippen molar-refractivity contribution in [1.29, 1.82) is 0 Å². The van der Waals surface area contributed by atoms with Crippen LogP contribution in [0.2, 0.25) is 0 Å². The van der Waals surface area contributed by atoms with Crippen LogP contribution in [0.25, 0.3) is 0 Å². The normalized spacial score (nSPS) is 16.4. The molecule has 2 nitrogen and oxygen atoms in total. The van der Waals surface area contributed by atoms with Crippen molar-refractivity contribution in [2.75, 3.05) is 0 Å². The molecule has 0 N–H and O–H groups in total. The lowest BCUT2D eigenvalue weighted by molar-refractivity contribution is 0.211. The molecule has 0 saturated heterocycles. The van der Waals surface area contributed by atoms with Gasteiger partial charge in [0.15, 0.2) is 0 Å². The second-order valence-corrected chi connectivity index (χ2v) is 6.02. The van der Waals surface area contributed by atoms with E-state index in [1.165, 1.54) is 16.7 Å². The summed E-state index contributed by atoms with van der Waals surface area (Å²) in [5, 5.41) is 0. The first kappa shape index (κ1) is 13.3. The van der Waals surface area contributed by atoms with Crippen molar-refractivity contribution in [3.8, 4) is 0 Å². The molecule has 1 aliphatic rings. The fraction of sp³-hybridized carbons (Fsp3) is 0.389. The molecule has 1 unspecified atom stereocenters. The Hall–Kier alpha value is -1.67. The van der Waals surface area contributed by atoms with Gasteiger partial charge in [0.05, 0.1) is 5.69 Å². The molecule has 0 saturated carbocycles. The Labute approximate surface area is 121 Å². The quantitative estimate of drug-likeness (QED) is 0.824. The molecule has 20 heavy (non-hydrogen) atoms. The molecular formula is C18H22N2. The molecule has 0 aliphatic carbocycles.